The van der Waals surface area contributed by atoms with Crippen LogP contribution in [0.25, 0.3) is 0 Å². The van der Waals surface area contributed by atoms with E-state index < -0.39 is 0 Å². The monoisotopic (exact) mass is 176 g/mol. The minimum Gasteiger partial charge on any atom is -0.0811 e. The Labute approximate surface area is 81.7 Å². The summed E-state index contributed by atoms with van der Waals surface area (Å²) in [5.41, 5.74) is 2.08. The molecule has 0 heterocycles. The quantitative estimate of drug-likeness (QED) is 0.524. The van der Waals surface area contributed by atoms with Crippen molar-refractivity contribution in [1.29, 1.82) is 0 Å². The first-order valence-corrected chi connectivity index (χ1v) is 5.53. The van der Waals surface area contributed by atoms with Crippen molar-refractivity contribution in [3.8, 4) is 0 Å². The molecule has 0 nitrogen and oxygen atoms in total. The lowest BCUT2D eigenvalue weighted by molar-refractivity contribution is 0.179. The second-order valence-electron chi connectivity index (χ2n) is 4.98. The highest BCUT2D eigenvalue weighted by atomic mass is 14.4. The Morgan fingerprint density at radius 2 is 2.15 bits per heavy atom. The van der Waals surface area contributed by atoms with Crippen LogP contribution in [0.1, 0.15) is 40.0 Å². The van der Waals surface area contributed by atoms with E-state index in [-0.39, 0.29) is 0 Å². The van der Waals surface area contributed by atoms with E-state index in [1.54, 1.807) is 5.57 Å². The fourth-order valence-electron chi connectivity index (χ4n) is 2.86. The van der Waals surface area contributed by atoms with Crippen molar-refractivity contribution < 1.29 is 0 Å². The van der Waals surface area contributed by atoms with Crippen molar-refractivity contribution in [1.82, 2.24) is 0 Å². The second kappa shape index (κ2) is 3.01. The van der Waals surface area contributed by atoms with E-state index in [1.807, 2.05) is 0 Å². The van der Waals surface area contributed by atoms with Gasteiger partial charge in [0.05, 0.1) is 0 Å². The Balaban J connectivity index is 2.40. The van der Waals surface area contributed by atoms with Crippen LogP contribution in [0.5, 0.6) is 0 Å². The van der Waals surface area contributed by atoms with E-state index >= 15 is 0 Å². The second-order valence-corrected chi connectivity index (χ2v) is 4.98. The van der Waals surface area contributed by atoms with Crippen LogP contribution in [-0.2, 0) is 0 Å². The lowest BCUT2D eigenvalue weighted by atomic mass is 9.60. The number of hydrogen-bond acceptors (Lipinski definition) is 0. The Morgan fingerprint density at radius 3 is 2.92 bits per heavy atom. The summed E-state index contributed by atoms with van der Waals surface area (Å²) in [5, 5.41) is 0. The molecule has 0 spiro atoms. The van der Waals surface area contributed by atoms with Crippen LogP contribution in [0.4, 0.5) is 0 Å². The molecule has 0 aliphatic heterocycles. The van der Waals surface area contributed by atoms with Gasteiger partial charge in [-0.25, -0.2) is 0 Å². The number of fused-ring (bicyclic) bond motifs is 1. The molecule has 0 radical (unpaired) electrons. The largest absolute Gasteiger partial charge is 0.0811 e. The van der Waals surface area contributed by atoms with Gasteiger partial charge in [0.25, 0.3) is 0 Å². The first-order valence-electron chi connectivity index (χ1n) is 5.53. The first-order chi connectivity index (χ1) is 6.14. The van der Waals surface area contributed by atoms with Crippen LogP contribution in [0.3, 0.4) is 0 Å². The molecule has 0 heteroatoms. The van der Waals surface area contributed by atoms with Crippen LogP contribution < -0.4 is 0 Å². The summed E-state index contributed by atoms with van der Waals surface area (Å²) in [7, 11) is 0. The summed E-state index contributed by atoms with van der Waals surface area (Å²) in [4.78, 5) is 0. The number of rotatable bonds is 0. The average Bonchev–Trinajstić information content (AvgIpc) is 2.13. The molecule has 72 valence electrons. The molecular weight excluding hydrogens is 156 g/mol. The predicted octanol–water partition coefficient (Wildman–Crippen LogP) is 3.95. The maximum absolute atomic E-state index is 2.45. The van der Waals surface area contributed by atoms with Crippen molar-refractivity contribution >= 4 is 0 Å². The molecule has 3 atom stereocenters. The molecule has 0 bridgehead atoms. The minimum absolute atomic E-state index is 0.479. The smallest absolute Gasteiger partial charge is 0.00473 e. The van der Waals surface area contributed by atoms with Crippen LogP contribution >= 0.6 is 0 Å². The molecule has 2 aliphatic rings. The third-order valence-electron chi connectivity index (χ3n) is 4.30. The van der Waals surface area contributed by atoms with Crippen LogP contribution in [0.15, 0.2) is 23.8 Å². The fraction of sp³-hybridized carbons (Fsp3) is 0.692. The van der Waals surface area contributed by atoms with Gasteiger partial charge < -0.3 is 0 Å². The molecule has 0 saturated heterocycles. The molecule has 0 N–H and O–H groups in total. The van der Waals surface area contributed by atoms with Crippen molar-refractivity contribution in [2.24, 2.45) is 17.3 Å². The minimum atomic E-state index is 0.479. The van der Waals surface area contributed by atoms with Gasteiger partial charge in [0.15, 0.2) is 0 Å². The zero-order chi connectivity index (χ0) is 9.47. The van der Waals surface area contributed by atoms with Crippen molar-refractivity contribution in [3.63, 3.8) is 0 Å². The van der Waals surface area contributed by atoms with Crippen LogP contribution in [0.2, 0.25) is 0 Å². The van der Waals surface area contributed by atoms with E-state index in [0.717, 1.165) is 11.8 Å². The van der Waals surface area contributed by atoms with Gasteiger partial charge in [0.1, 0.15) is 0 Å². The van der Waals surface area contributed by atoms with Crippen LogP contribution in [0, 0.1) is 17.3 Å². The Kier molecular flexibility index (Phi) is 2.09. The van der Waals surface area contributed by atoms with Gasteiger partial charge in [-0.15, -0.1) is 0 Å². The fourth-order valence-corrected chi connectivity index (χ4v) is 2.86. The van der Waals surface area contributed by atoms with Gasteiger partial charge in [0.2, 0.25) is 0 Å². The molecule has 0 aromatic rings. The zero-order valence-corrected chi connectivity index (χ0v) is 9.01. The van der Waals surface area contributed by atoms with E-state index in [0.29, 0.717) is 5.41 Å². The molecule has 2 rings (SSSR count). The number of hydrogen-bond donors (Lipinski definition) is 0. The van der Waals surface area contributed by atoms with Gasteiger partial charge >= 0.3 is 0 Å². The van der Waals surface area contributed by atoms with E-state index in [4.69, 9.17) is 0 Å². The normalized spacial score (nSPS) is 44.1. The number of allylic oxidation sites excluding steroid dienone is 4. The van der Waals surface area contributed by atoms with Gasteiger partial charge in [-0.3, -0.25) is 0 Å². The van der Waals surface area contributed by atoms with Gasteiger partial charge in [-0.05, 0) is 42.1 Å². The van der Waals surface area contributed by atoms with E-state index in [2.05, 4.69) is 39.0 Å². The highest BCUT2D eigenvalue weighted by Gasteiger charge is 2.39. The molecule has 0 saturated carbocycles. The molecular formula is C13H20. The third-order valence-corrected chi connectivity index (χ3v) is 4.30. The molecule has 2 aliphatic carbocycles. The van der Waals surface area contributed by atoms with Gasteiger partial charge in [0, 0.05) is 0 Å². The Hall–Kier alpha value is -0.520. The summed E-state index contributed by atoms with van der Waals surface area (Å²) in [6, 6.07) is 0. The zero-order valence-electron chi connectivity index (χ0n) is 9.01. The maximum atomic E-state index is 2.45. The highest BCUT2D eigenvalue weighted by Crippen LogP contribution is 2.49. The van der Waals surface area contributed by atoms with Crippen molar-refractivity contribution in [2.45, 2.75) is 40.0 Å². The third kappa shape index (κ3) is 1.27. The molecule has 0 aromatic heterocycles. The molecule has 0 unspecified atom stereocenters. The summed E-state index contributed by atoms with van der Waals surface area (Å²) in [6.07, 6.45) is 11.2. The van der Waals surface area contributed by atoms with Crippen molar-refractivity contribution in [2.75, 3.05) is 0 Å². The molecule has 0 fully saturated rings. The maximum Gasteiger partial charge on any atom is -0.00473 e. The Bertz CT molecular complexity index is 259. The van der Waals surface area contributed by atoms with Crippen molar-refractivity contribution in [3.05, 3.63) is 23.8 Å². The summed E-state index contributed by atoms with van der Waals surface area (Å²) < 4.78 is 0. The van der Waals surface area contributed by atoms with Crippen LogP contribution in [-0.4, -0.2) is 0 Å². The topological polar surface area (TPSA) is 0 Å². The first kappa shape index (κ1) is 9.05. The van der Waals surface area contributed by atoms with Gasteiger partial charge in [-0.2, -0.15) is 0 Å². The summed E-state index contributed by atoms with van der Waals surface area (Å²) in [6.45, 7) is 7.20. The lowest BCUT2D eigenvalue weighted by Crippen LogP contribution is -2.35. The Morgan fingerprint density at radius 1 is 1.38 bits per heavy atom. The summed E-state index contributed by atoms with van der Waals surface area (Å²) >= 11 is 0. The standard InChI is InChI=1S/C13H20/c1-10-7-8-12-6-4-5-9-13(12,3)11(10)2/h6-8,10-11H,4-5,9H2,1-3H3/t10-,11-,13+/m0/s1. The molecule has 13 heavy (non-hydrogen) atoms. The SMILES string of the molecule is C[C@H]1C=CC2=CCCC[C@]2(C)[C@H]1C. The lowest BCUT2D eigenvalue weighted by Gasteiger charge is -2.44. The average molecular weight is 176 g/mol. The summed E-state index contributed by atoms with van der Waals surface area (Å²) in [5.74, 6) is 1.56. The van der Waals surface area contributed by atoms with E-state index in [9.17, 15) is 0 Å². The predicted molar refractivity (Wildman–Crippen MR) is 57.5 cm³/mol. The highest BCUT2D eigenvalue weighted by molar-refractivity contribution is 5.33. The molecule has 0 aromatic carbocycles. The van der Waals surface area contributed by atoms with Gasteiger partial charge in [-0.1, -0.05) is 39.0 Å². The molecule has 0 amide bonds. The van der Waals surface area contributed by atoms with E-state index in [1.165, 1.54) is 19.3 Å².